The Kier molecular flexibility index (Phi) is 3.33. The molecule has 0 spiro atoms. The average molecular weight is 261 g/mol. The van der Waals surface area contributed by atoms with E-state index in [4.69, 9.17) is 0 Å². The minimum absolute atomic E-state index is 0.114. The summed E-state index contributed by atoms with van der Waals surface area (Å²) in [6.07, 6.45) is 0. The fraction of sp³-hybridized carbons (Fsp3) is 0.385. The molecular weight excluding hydrogens is 246 g/mol. The van der Waals surface area contributed by atoms with Gasteiger partial charge < -0.3 is 0 Å². The summed E-state index contributed by atoms with van der Waals surface area (Å²) in [6, 6.07) is 6.13. The highest BCUT2D eigenvalue weighted by molar-refractivity contribution is 6.15. The zero-order valence-corrected chi connectivity index (χ0v) is 11.0. The molecule has 0 saturated heterocycles. The molecule has 0 saturated carbocycles. The quantitative estimate of drug-likeness (QED) is 0.619. The monoisotopic (exact) mass is 261 g/mol. The van der Waals surface area contributed by atoms with E-state index in [-0.39, 0.29) is 29.1 Å². The van der Waals surface area contributed by atoms with E-state index in [2.05, 4.69) is 5.10 Å². The Morgan fingerprint density at radius 1 is 1.37 bits per heavy atom. The van der Waals surface area contributed by atoms with Gasteiger partial charge in [-0.15, -0.1) is 0 Å². The maximum absolute atomic E-state index is 12.3. The standard InChI is InChI=1S/C13H15N3O3/c1-8(2)12-9(3)14-15(13(12)17)10-6-4-5-7-11(10)16(18)19/h4-8,12H,1-3H3. The molecule has 1 aromatic rings. The molecule has 6 heteroatoms. The molecule has 6 nitrogen and oxygen atoms in total. The first kappa shape index (κ1) is 13.2. The Labute approximate surface area is 110 Å². The van der Waals surface area contributed by atoms with E-state index in [1.807, 2.05) is 13.8 Å². The van der Waals surface area contributed by atoms with Crippen LogP contribution >= 0.6 is 0 Å². The first-order valence-electron chi connectivity index (χ1n) is 6.06. The number of hydrogen-bond donors (Lipinski definition) is 0. The lowest BCUT2D eigenvalue weighted by atomic mass is 9.92. The Bertz CT molecular complexity index is 566. The van der Waals surface area contributed by atoms with Crippen molar-refractivity contribution in [1.29, 1.82) is 0 Å². The van der Waals surface area contributed by atoms with E-state index in [0.717, 1.165) is 5.01 Å². The molecular formula is C13H15N3O3. The van der Waals surface area contributed by atoms with Gasteiger partial charge in [-0.25, -0.2) is 0 Å². The molecule has 0 bridgehead atoms. The topological polar surface area (TPSA) is 75.8 Å². The maximum atomic E-state index is 12.3. The Balaban J connectivity index is 2.45. The third-order valence-corrected chi connectivity index (χ3v) is 3.16. The number of anilines is 1. The Morgan fingerprint density at radius 3 is 2.53 bits per heavy atom. The number of nitro groups is 1. The normalized spacial score (nSPS) is 18.9. The van der Waals surface area contributed by atoms with Crippen molar-refractivity contribution in [3.05, 3.63) is 34.4 Å². The summed E-state index contributed by atoms with van der Waals surface area (Å²) < 4.78 is 0. The van der Waals surface area contributed by atoms with Crippen molar-refractivity contribution in [2.45, 2.75) is 20.8 Å². The van der Waals surface area contributed by atoms with Gasteiger partial charge in [-0.2, -0.15) is 10.1 Å². The average Bonchev–Trinajstić information content (AvgIpc) is 2.64. The van der Waals surface area contributed by atoms with Crippen LogP contribution in [0.3, 0.4) is 0 Å². The van der Waals surface area contributed by atoms with Gasteiger partial charge in [-0.3, -0.25) is 14.9 Å². The molecule has 1 aliphatic heterocycles. The smallest absolute Gasteiger partial charge is 0.272 e. The van der Waals surface area contributed by atoms with E-state index in [1.54, 1.807) is 19.1 Å². The van der Waals surface area contributed by atoms with Crippen LogP contribution in [0.15, 0.2) is 29.4 Å². The summed E-state index contributed by atoms with van der Waals surface area (Å²) >= 11 is 0. The zero-order valence-electron chi connectivity index (χ0n) is 11.0. The van der Waals surface area contributed by atoms with Crippen molar-refractivity contribution in [3.63, 3.8) is 0 Å². The Hall–Kier alpha value is -2.24. The SMILES string of the molecule is CC1=NN(c2ccccc2[N+](=O)[O-])C(=O)C1C(C)C. The van der Waals surface area contributed by atoms with E-state index < -0.39 is 4.92 Å². The van der Waals surface area contributed by atoms with Gasteiger partial charge in [0.15, 0.2) is 0 Å². The number of para-hydroxylation sites is 2. The van der Waals surface area contributed by atoms with E-state index in [0.29, 0.717) is 5.71 Å². The highest BCUT2D eigenvalue weighted by Crippen LogP contribution is 2.33. The van der Waals surface area contributed by atoms with E-state index in [1.165, 1.54) is 12.1 Å². The van der Waals surface area contributed by atoms with Crippen molar-refractivity contribution in [2.24, 2.45) is 16.9 Å². The second-order valence-corrected chi connectivity index (χ2v) is 4.86. The molecule has 100 valence electrons. The molecule has 1 aromatic carbocycles. The van der Waals surface area contributed by atoms with Crippen molar-refractivity contribution in [1.82, 2.24) is 0 Å². The van der Waals surface area contributed by atoms with Crippen LogP contribution in [0.1, 0.15) is 20.8 Å². The molecule has 0 fully saturated rings. The van der Waals surface area contributed by atoms with Crippen LogP contribution in [0.4, 0.5) is 11.4 Å². The number of carbonyl (C=O) groups is 1. The van der Waals surface area contributed by atoms with Crippen molar-refractivity contribution < 1.29 is 9.72 Å². The Morgan fingerprint density at radius 2 is 2.00 bits per heavy atom. The molecule has 0 radical (unpaired) electrons. The summed E-state index contributed by atoms with van der Waals surface area (Å²) in [5, 5.41) is 16.3. The summed E-state index contributed by atoms with van der Waals surface area (Å²) in [6.45, 7) is 5.65. The van der Waals surface area contributed by atoms with Crippen LogP contribution < -0.4 is 5.01 Å². The summed E-state index contributed by atoms with van der Waals surface area (Å²) in [7, 11) is 0. The lowest BCUT2D eigenvalue weighted by Crippen LogP contribution is -2.30. The molecule has 1 heterocycles. The number of hydrazone groups is 1. The second-order valence-electron chi connectivity index (χ2n) is 4.86. The lowest BCUT2D eigenvalue weighted by Gasteiger charge is -2.16. The molecule has 1 aliphatic rings. The summed E-state index contributed by atoms with van der Waals surface area (Å²) in [4.78, 5) is 22.8. The molecule has 0 N–H and O–H groups in total. The third kappa shape index (κ3) is 2.21. The molecule has 0 aliphatic carbocycles. The minimum atomic E-state index is -0.504. The summed E-state index contributed by atoms with van der Waals surface area (Å²) in [5.74, 6) is -0.398. The van der Waals surface area contributed by atoms with Crippen molar-refractivity contribution in [2.75, 3.05) is 5.01 Å². The number of nitrogens with zero attached hydrogens (tertiary/aromatic N) is 3. The second kappa shape index (κ2) is 4.79. The van der Waals surface area contributed by atoms with Gasteiger partial charge in [0.1, 0.15) is 5.69 Å². The molecule has 1 unspecified atom stereocenters. The van der Waals surface area contributed by atoms with Crippen LogP contribution in [0, 0.1) is 22.0 Å². The predicted molar refractivity (Wildman–Crippen MR) is 72.0 cm³/mol. The molecule has 1 amide bonds. The zero-order chi connectivity index (χ0) is 14.2. The third-order valence-electron chi connectivity index (χ3n) is 3.16. The van der Waals surface area contributed by atoms with Crippen LogP contribution in [0.25, 0.3) is 0 Å². The highest BCUT2D eigenvalue weighted by Gasteiger charge is 2.38. The number of carbonyl (C=O) groups excluding carboxylic acids is 1. The molecule has 1 atom stereocenters. The van der Waals surface area contributed by atoms with Crippen molar-refractivity contribution >= 4 is 23.0 Å². The van der Waals surface area contributed by atoms with Gasteiger partial charge >= 0.3 is 0 Å². The number of amides is 1. The van der Waals surface area contributed by atoms with Gasteiger partial charge in [0.2, 0.25) is 0 Å². The largest absolute Gasteiger partial charge is 0.295 e. The van der Waals surface area contributed by atoms with Gasteiger partial charge in [0, 0.05) is 11.8 Å². The molecule has 2 rings (SSSR count). The lowest BCUT2D eigenvalue weighted by molar-refractivity contribution is -0.384. The van der Waals surface area contributed by atoms with E-state index in [9.17, 15) is 14.9 Å². The number of nitro benzene ring substituents is 1. The van der Waals surface area contributed by atoms with Crippen LogP contribution in [-0.4, -0.2) is 16.5 Å². The van der Waals surface area contributed by atoms with Gasteiger partial charge in [-0.05, 0) is 18.9 Å². The van der Waals surface area contributed by atoms with Gasteiger partial charge in [0.25, 0.3) is 11.6 Å². The van der Waals surface area contributed by atoms with Crippen LogP contribution in [-0.2, 0) is 4.79 Å². The van der Waals surface area contributed by atoms with E-state index >= 15 is 0 Å². The maximum Gasteiger partial charge on any atom is 0.295 e. The fourth-order valence-corrected chi connectivity index (χ4v) is 2.32. The highest BCUT2D eigenvalue weighted by atomic mass is 16.6. The molecule has 19 heavy (non-hydrogen) atoms. The predicted octanol–water partition coefficient (Wildman–Crippen LogP) is 2.59. The van der Waals surface area contributed by atoms with Crippen molar-refractivity contribution in [3.8, 4) is 0 Å². The number of rotatable bonds is 3. The fourth-order valence-electron chi connectivity index (χ4n) is 2.32. The minimum Gasteiger partial charge on any atom is -0.272 e. The number of hydrogen-bond acceptors (Lipinski definition) is 4. The molecule has 0 aromatic heterocycles. The van der Waals surface area contributed by atoms with Gasteiger partial charge in [-0.1, -0.05) is 26.0 Å². The number of benzene rings is 1. The van der Waals surface area contributed by atoms with Crippen LogP contribution in [0.2, 0.25) is 0 Å². The first-order chi connectivity index (χ1) is 8.93. The van der Waals surface area contributed by atoms with Gasteiger partial charge in [0.05, 0.1) is 10.8 Å². The first-order valence-corrected chi connectivity index (χ1v) is 6.06. The van der Waals surface area contributed by atoms with Crippen LogP contribution in [0.5, 0.6) is 0 Å². The summed E-state index contributed by atoms with van der Waals surface area (Å²) in [5.41, 5.74) is 0.801.